The number of nitrogens with zero attached hydrogens (tertiary/aromatic N) is 2. The molecule has 11 heteroatoms. The number of benzene rings is 3. The molecule has 0 saturated heterocycles. The molecule has 3 unspecified atom stereocenters. The molecule has 0 saturated carbocycles. The maximum atomic E-state index is 14.0. The fraction of sp³-hybridized carbons (Fsp3) is 0.310. The van der Waals surface area contributed by atoms with E-state index in [2.05, 4.69) is 4.98 Å². The molecule has 0 aliphatic rings. The van der Waals surface area contributed by atoms with Crippen molar-refractivity contribution in [2.75, 3.05) is 12.3 Å². The van der Waals surface area contributed by atoms with E-state index >= 15 is 0 Å². The fourth-order valence-electron chi connectivity index (χ4n) is 4.81. The van der Waals surface area contributed by atoms with E-state index in [1.165, 1.54) is 23.5 Å². The monoisotopic (exact) mass is 581 g/mol. The number of fused-ring (bicyclic) bond motifs is 1. The lowest BCUT2D eigenvalue weighted by Crippen LogP contribution is -2.55. The Kier molecular flexibility index (Phi) is 8.91. The molecular formula is C29H35N5O4S2. The molecule has 212 valence electrons. The second-order valence-corrected chi connectivity index (χ2v) is 13.3. The topological polar surface area (TPSA) is 166 Å². The first kappa shape index (κ1) is 29.6. The number of rotatable bonds is 11. The second kappa shape index (κ2) is 12.0. The average Bonchev–Trinajstić information content (AvgIpc) is 3.29. The van der Waals surface area contributed by atoms with E-state index in [1.54, 1.807) is 25.1 Å². The van der Waals surface area contributed by atoms with Gasteiger partial charge in [0.05, 0.1) is 27.4 Å². The van der Waals surface area contributed by atoms with Gasteiger partial charge in [0.25, 0.3) is 0 Å². The number of carbonyl (C=O) groups is 1. The van der Waals surface area contributed by atoms with Crippen LogP contribution in [0.2, 0.25) is 0 Å². The summed E-state index contributed by atoms with van der Waals surface area (Å²) >= 11 is 1.20. The van der Waals surface area contributed by atoms with Crippen molar-refractivity contribution in [1.29, 1.82) is 0 Å². The molecule has 1 amide bonds. The highest BCUT2D eigenvalue weighted by molar-refractivity contribution is 7.89. The van der Waals surface area contributed by atoms with Gasteiger partial charge in [-0.3, -0.25) is 4.79 Å². The third-order valence-electron chi connectivity index (χ3n) is 6.88. The van der Waals surface area contributed by atoms with Gasteiger partial charge in [0.15, 0.2) is 5.13 Å². The van der Waals surface area contributed by atoms with Crippen LogP contribution >= 0.6 is 11.3 Å². The van der Waals surface area contributed by atoms with Crippen molar-refractivity contribution in [3.63, 3.8) is 0 Å². The zero-order valence-corrected chi connectivity index (χ0v) is 24.3. The molecular weight excluding hydrogens is 546 g/mol. The zero-order valence-electron chi connectivity index (χ0n) is 22.7. The minimum Gasteiger partial charge on any atom is -0.389 e. The number of hydrogen-bond donors (Lipinski definition) is 4. The SMILES string of the molecule is Cc1ccc(C(Cc2ccccc2)C(O)C(N)N(CC(C)C)S(=O)(=O)c2ccc3nc(N)sc3c2)cc1C(N)=O. The Morgan fingerprint density at radius 3 is 2.42 bits per heavy atom. The molecule has 1 heterocycles. The number of sulfonamides is 1. The van der Waals surface area contributed by atoms with Crippen LogP contribution in [0.5, 0.6) is 0 Å². The van der Waals surface area contributed by atoms with Crippen LogP contribution in [0.3, 0.4) is 0 Å². The van der Waals surface area contributed by atoms with Crippen LogP contribution in [0.25, 0.3) is 10.2 Å². The lowest BCUT2D eigenvalue weighted by molar-refractivity contribution is 0.0645. The molecule has 4 rings (SSSR count). The van der Waals surface area contributed by atoms with E-state index in [4.69, 9.17) is 17.2 Å². The Hall–Kier alpha value is -3.35. The number of aromatic nitrogens is 1. The number of aliphatic hydroxyl groups excluding tert-OH is 1. The molecule has 3 aromatic carbocycles. The van der Waals surface area contributed by atoms with Crippen LogP contribution in [-0.4, -0.2) is 47.5 Å². The fourth-order valence-corrected chi connectivity index (χ4v) is 7.37. The molecule has 4 aromatic rings. The van der Waals surface area contributed by atoms with Crippen molar-refractivity contribution in [3.8, 4) is 0 Å². The number of nitrogen functional groups attached to an aromatic ring is 1. The third-order valence-corrected chi connectivity index (χ3v) is 9.58. The van der Waals surface area contributed by atoms with Gasteiger partial charge in [0, 0.05) is 18.0 Å². The summed E-state index contributed by atoms with van der Waals surface area (Å²) in [6, 6.07) is 19.4. The number of carbonyl (C=O) groups excluding carboxylic acids is 1. The maximum Gasteiger partial charge on any atom is 0.248 e. The normalized spacial score (nSPS) is 14.5. The first-order valence-corrected chi connectivity index (χ1v) is 15.2. The molecule has 40 heavy (non-hydrogen) atoms. The van der Waals surface area contributed by atoms with E-state index in [-0.39, 0.29) is 17.4 Å². The number of amides is 1. The molecule has 1 aromatic heterocycles. The third kappa shape index (κ3) is 6.34. The quantitative estimate of drug-likeness (QED) is 0.196. The predicted molar refractivity (Wildman–Crippen MR) is 159 cm³/mol. The molecule has 0 radical (unpaired) electrons. The van der Waals surface area contributed by atoms with Crippen LogP contribution in [0.1, 0.15) is 46.8 Å². The summed E-state index contributed by atoms with van der Waals surface area (Å²) in [5.74, 6) is -1.30. The van der Waals surface area contributed by atoms with Crippen LogP contribution in [0, 0.1) is 12.8 Å². The molecule has 9 nitrogen and oxygen atoms in total. The number of hydrogen-bond acceptors (Lipinski definition) is 8. The summed E-state index contributed by atoms with van der Waals surface area (Å²) in [6.45, 7) is 5.63. The molecule has 0 bridgehead atoms. The highest BCUT2D eigenvalue weighted by Crippen LogP contribution is 2.32. The van der Waals surface area contributed by atoms with Crippen molar-refractivity contribution >= 4 is 42.6 Å². The minimum atomic E-state index is -4.13. The molecule has 0 aliphatic heterocycles. The van der Waals surface area contributed by atoms with Gasteiger partial charge in [-0.05, 0) is 60.2 Å². The molecule has 0 aliphatic carbocycles. The van der Waals surface area contributed by atoms with Crippen LogP contribution in [-0.2, 0) is 16.4 Å². The Balaban J connectivity index is 1.77. The van der Waals surface area contributed by atoms with E-state index in [0.717, 1.165) is 9.87 Å². The van der Waals surface area contributed by atoms with Gasteiger partial charge in [-0.2, -0.15) is 4.31 Å². The summed E-state index contributed by atoms with van der Waals surface area (Å²) < 4.78 is 29.8. The van der Waals surface area contributed by atoms with Gasteiger partial charge in [-0.15, -0.1) is 0 Å². The smallest absolute Gasteiger partial charge is 0.248 e. The van der Waals surface area contributed by atoms with Crippen LogP contribution in [0.4, 0.5) is 5.13 Å². The van der Waals surface area contributed by atoms with Crippen molar-refractivity contribution in [3.05, 3.63) is 89.0 Å². The van der Waals surface area contributed by atoms with E-state index < -0.39 is 34.1 Å². The number of thiazole rings is 1. The first-order chi connectivity index (χ1) is 18.9. The maximum absolute atomic E-state index is 14.0. The van der Waals surface area contributed by atoms with Crippen molar-refractivity contribution in [2.24, 2.45) is 17.4 Å². The Morgan fingerprint density at radius 2 is 1.77 bits per heavy atom. The molecule has 0 fully saturated rings. The standard InChI is InChI=1S/C29H35N5O4S2/c1-17(2)16-34(40(37,38)21-11-12-24-25(15-21)39-29(32)33-24)27(30)26(35)23(13-19-7-5-4-6-8-19)20-10-9-18(3)22(14-20)28(31)36/h4-12,14-15,17,23,26-27,35H,13,16,30H2,1-3H3,(H2,31,36)(H2,32,33). The van der Waals surface area contributed by atoms with Gasteiger partial charge in [-0.25, -0.2) is 13.4 Å². The van der Waals surface area contributed by atoms with Crippen molar-refractivity contribution < 1.29 is 18.3 Å². The lowest BCUT2D eigenvalue weighted by atomic mass is 9.84. The second-order valence-electron chi connectivity index (χ2n) is 10.4. The Morgan fingerprint density at radius 1 is 1.07 bits per heavy atom. The van der Waals surface area contributed by atoms with E-state index in [1.807, 2.05) is 50.2 Å². The largest absolute Gasteiger partial charge is 0.389 e. The zero-order chi connectivity index (χ0) is 29.2. The lowest BCUT2D eigenvalue weighted by Gasteiger charge is -2.36. The molecule has 0 spiro atoms. The Bertz CT molecular complexity index is 1610. The minimum absolute atomic E-state index is 0.0397. The van der Waals surface area contributed by atoms with Gasteiger partial charge in [0.1, 0.15) is 0 Å². The summed E-state index contributed by atoms with van der Waals surface area (Å²) in [7, 11) is -4.13. The summed E-state index contributed by atoms with van der Waals surface area (Å²) in [5, 5.41) is 12.1. The highest BCUT2D eigenvalue weighted by atomic mass is 32.2. The van der Waals surface area contributed by atoms with E-state index in [9.17, 15) is 18.3 Å². The van der Waals surface area contributed by atoms with Crippen LogP contribution < -0.4 is 17.2 Å². The van der Waals surface area contributed by atoms with Crippen LogP contribution in [0.15, 0.2) is 71.6 Å². The number of aryl methyl sites for hydroxylation is 1. The summed E-state index contributed by atoms with van der Waals surface area (Å²) in [4.78, 5) is 16.4. The number of nitrogens with two attached hydrogens (primary N) is 3. The predicted octanol–water partition coefficient (Wildman–Crippen LogP) is 3.60. The van der Waals surface area contributed by atoms with Gasteiger partial charge < -0.3 is 22.3 Å². The highest BCUT2D eigenvalue weighted by Gasteiger charge is 2.38. The number of anilines is 1. The summed E-state index contributed by atoms with van der Waals surface area (Å²) in [6.07, 6.45) is -2.25. The van der Waals surface area contributed by atoms with Gasteiger partial charge in [-0.1, -0.05) is 67.6 Å². The van der Waals surface area contributed by atoms with Gasteiger partial charge in [0.2, 0.25) is 15.9 Å². The van der Waals surface area contributed by atoms with Gasteiger partial charge >= 0.3 is 0 Å². The number of aliphatic hydroxyl groups is 1. The number of primary amides is 1. The first-order valence-electron chi connectivity index (χ1n) is 12.9. The van der Waals surface area contributed by atoms with E-state index in [0.29, 0.717) is 38.5 Å². The summed E-state index contributed by atoms with van der Waals surface area (Å²) in [5.41, 5.74) is 21.3. The van der Waals surface area contributed by atoms with Crippen molar-refractivity contribution in [2.45, 2.75) is 50.3 Å². The Labute approximate surface area is 238 Å². The average molecular weight is 582 g/mol. The molecule has 3 atom stereocenters. The molecule has 7 N–H and O–H groups in total. The van der Waals surface area contributed by atoms with Crippen molar-refractivity contribution in [1.82, 2.24) is 9.29 Å².